The van der Waals surface area contributed by atoms with Crippen LogP contribution in [0.1, 0.15) is 31.2 Å². The van der Waals surface area contributed by atoms with E-state index in [-0.39, 0.29) is 24.0 Å². The highest BCUT2D eigenvalue weighted by Crippen LogP contribution is 2.16. The van der Waals surface area contributed by atoms with Crippen LogP contribution in [-0.4, -0.2) is 51.2 Å². The number of hydrogen-bond acceptors (Lipinski definition) is 3. The summed E-state index contributed by atoms with van der Waals surface area (Å²) < 4.78 is 5.37. The van der Waals surface area contributed by atoms with Crippen LogP contribution in [-0.2, 0) is 6.54 Å². The molecule has 136 valence electrons. The van der Waals surface area contributed by atoms with Gasteiger partial charge in [0.15, 0.2) is 5.96 Å². The van der Waals surface area contributed by atoms with Gasteiger partial charge in [-0.05, 0) is 51.4 Å². The van der Waals surface area contributed by atoms with Crippen LogP contribution in [0.2, 0.25) is 0 Å². The zero-order valence-corrected chi connectivity index (χ0v) is 17.2. The molecule has 1 aliphatic heterocycles. The Labute approximate surface area is 163 Å². The Hall–Kier alpha value is -1.02. The largest absolute Gasteiger partial charge is 0.496 e. The smallest absolute Gasteiger partial charge is 0.191 e. The van der Waals surface area contributed by atoms with Gasteiger partial charge >= 0.3 is 0 Å². The van der Waals surface area contributed by atoms with Crippen LogP contribution in [0.3, 0.4) is 0 Å². The monoisotopic (exact) mass is 446 g/mol. The lowest BCUT2D eigenvalue weighted by Gasteiger charge is -2.15. The molecule has 1 aromatic carbocycles. The molecular weight excluding hydrogens is 415 g/mol. The second kappa shape index (κ2) is 12.4. The normalized spacial score (nSPS) is 15.0. The Morgan fingerprint density at radius 3 is 2.62 bits per heavy atom. The van der Waals surface area contributed by atoms with Gasteiger partial charge in [-0.3, -0.25) is 4.99 Å². The molecular formula is C18H31IN4O. The molecule has 0 radical (unpaired) electrons. The summed E-state index contributed by atoms with van der Waals surface area (Å²) in [5.41, 5.74) is 1.13. The summed E-state index contributed by atoms with van der Waals surface area (Å²) in [4.78, 5) is 6.84. The SMILES string of the molecule is CN=C(NCCCCN1CCCC1)NCc1ccccc1OC.I. The summed E-state index contributed by atoms with van der Waals surface area (Å²) >= 11 is 0. The quantitative estimate of drug-likeness (QED) is 0.279. The second-order valence-corrected chi connectivity index (χ2v) is 5.92. The fourth-order valence-electron chi connectivity index (χ4n) is 2.92. The van der Waals surface area contributed by atoms with E-state index in [0.717, 1.165) is 23.8 Å². The molecule has 0 aliphatic carbocycles. The number of hydrogen-bond donors (Lipinski definition) is 2. The van der Waals surface area contributed by atoms with Crippen LogP contribution >= 0.6 is 24.0 Å². The third-order valence-electron chi connectivity index (χ3n) is 4.25. The molecule has 0 amide bonds. The summed E-state index contributed by atoms with van der Waals surface area (Å²) in [6.45, 7) is 5.47. The number of rotatable bonds is 8. The van der Waals surface area contributed by atoms with E-state index in [0.29, 0.717) is 6.54 Å². The van der Waals surface area contributed by atoms with E-state index < -0.39 is 0 Å². The van der Waals surface area contributed by atoms with Gasteiger partial charge in [0.1, 0.15) is 5.75 Å². The minimum absolute atomic E-state index is 0. The van der Waals surface area contributed by atoms with E-state index >= 15 is 0 Å². The fourth-order valence-corrected chi connectivity index (χ4v) is 2.92. The van der Waals surface area contributed by atoms with Crippen LogP contribution in [0.25, 0.3) is 0 Å². The van der Waals surface area contributed by atoms with Gasteiger partial charge in [0.25, 0.3) is 0 Å². The Morgan fingerprint density at radius 1 is 1.17 bits per heavy atom. The average molecular weight is 446 g/mol. The number of benzene rings is 1. The van der Waals surface area contributed by atoms with Gasteiger partial charge in [-0.1, -0.05) is 18.2 Å². The Balaban J connectivity index is 0.00000288. The molecule has 2 N–H and O–H groups in total. The molecule has 1 saturated heterocycles. The molecule has 0 bridgehead atoms. The topological polar surface area (TPSA) is 48.9 Å². The number of methoxy groups -OCH3 is 1. The molecule has 5 nitrogen and oxygen atoms in total. The Kier molecular flexibility index (Phi) is 10.8. The number of unbranched alkanes of at least 4 members (excludes halogenated alkanes) is 1. The van der Waals surface area contributed by atoms with Crippen molar-refractivity contribution in [1.82, 2.24) is 15.5 Å². The molecule has 0 saturated carbocycles. The van der Waals surface area contributed by atoms with E-state index in [9.17, 15) is 0 Å². The number of ether oxygens (including phenoxy) is 1. The van der Waals surface area contributed by atoms with Crippen molar-refractivity contribution in [3.63, 3.8) is 0 Å². The van der Waals surface area contributed by atoms with Crippen molar-refractivity contribution in [3.05, 3.63) is 29.8 Å². The van der Waals surface area contributed by atoms with Crippen molar-refractivity contribution in [1.29, 1.82) is 0 Å². The van der Waals surface area contributed by atoms with Crippen LogP contribution in [0, 0.1) is 0 Å². The molecule has 0 unspecified atom stereocenters. The van der Waals surface area contributed by atoms with Crippen molar-refractivity contribution in [3.8, 4) is 5.75 Å². The molecule has 24 heavy (non-hydrogen) atoms. The molecule has 1 fully saturated rings. The lowest BCUT2D eigenvalue weighted by Crippen LogP contribution is -2.37. The maximum atomic E-state index is 5.37. The highest BCUT2D eigenvalue weighted by molar-refractivity contribution is 14.0. The average Bonchev–Trinajstić information content (AvgIpc) is 3.11. The predicted molar refractivity (Wildman–Crippen MR) is 112 cm³/mol. The van der Waals surface area contributed by atoms with Crippen molar-refractivity contribution < 1.29 is 4.74 Å². The molecule has 1 heterocycles. The minimum Gasteiger partial charge on any atom is -0.496 e. The molecule has 6 heteroatoms. The number of nitrogens with zero attached hydrogens (tertiary/aromatic N) is 2. The maximum absolute atomic E-state index is 5.37. The van der Waals surface area contributed by atoms with Crippen LogP contribution in [0.4, 0.5) is 0 Å². The standard InChI is InChI=1S/C18H30N4O.HI/c1-19-18(20-11-5-6-12-22-13-7-8-14-22)21-15-16-9-3-4-10-17(16)23-2;/h3-4,9-10H,5-8,11-15H2,1-2H3,(H2,19,20,21);1H. The number of halogens is 1. The van der Waals surface area contributed by atoms with Crippen molar-refractivity contribution in [2.75, 3.05) is 40.3 Å². The maximum Gasteiger partial charge on any atom is 0.191 e. The first kappa shape index (κ1) is 21.0. The molecule has 1 aromatic rings. The highest BCUT2D eigenvalue weighted by Gasteiger charge is 2.10. The van der Waals surface area contributed by atoms with Gasteiger partial charge in [-0.25, -0.2) is 0 Å². The van der Waals surface area contributed by atoms with Crippen LogP contribution in [0.5, 0.6) is 5.75 Å². The van der Waals surface area contributed by atoms with Crippen molar-refractivity contribution >= 4 is 29.9 Å². The number of guanidine groups is 1. The summed E-state index contributed by atoms with van der Waals surface area (Å²) in [7, 11) is 3.51. The van der Waals surface area contributed by atoms with Gasteiger partial charge in [-0.15, -0.1) is 24.0 Å². The molecule has 1 aliphatic rings. The van der Waals surface area contributed by atoms with Gasteiger partial charge in [0.2, 0.25) is 0 Å². The molecule has 0 spiro atoms. The van der Waals surface area contributed by atoms with E-state index in [2.05, 4.69) is 26.6 Å². The first-order chi connectivity index (χ1) is 11.3. The fraction of sp³-hybridized carbons (Fsp3) is 0.611. The van der Waals surface area contributed by atoms with Gasteiger partial charge in [-0.2, -0.15) is 0 Å². The van der Waals surface area contributed by atoms with Gasteiger partial charge in [0.05, 0.1) is 7.11 Å². The van der Waals surface area contributed by atoms with Crippen LogP contribution < -0.4 is 15.4 Å². The van der Waals surface area contributed by atoms with Gasteiger partial charge < -0.3 is 20.3 Å². The zero-order chi connectivity index (χ0) is 16.3. The first-order valence-electron chi connectivity index (χ1n) is 8.62. The number of likely N-dealkylation sites (tertiary alicyclic amines) is 1. The molecule has 0 atom stereocenters. The van der Waals surface area contributed by atoms with E-state index in [1.54, 1.807) is 7.11 Å². The number of nitrogens with one attached hydrogen (secondary N) is 2. The summed E-state index contributed by atoms with van der Waals surface area (Å²) in [5.74, 6) is 1.75. The van der Waals surface area contributed by atoms with E-state index in [4.69, 9.17) is 4.74 Å². The third-order valence-corrected chi connectivity index (χ3v) is 4.25. The molecule has 0 aromatic heterocycles. The summed E-state index contributed by atoms with van der Waals surface area (Å²) in [5, 5.41) is 6.72. The molecule has 2 rings (SSSR count). The predicted octanol–water partition coefficient (Wildman–Crippen LogP) is 2.85. The highest BCUT2D eigenvalue weighted by atomic mass is 127. The minimum atomic E-state index is 0. The lowest BCUT2D eigenvalue weighted by molar-refractivity contribution is 0.330. The summed E-state index contributed by atoms with van der Waals surface area (Å²) in [6, 6.07) is 8.05. The lowest BCUT2D eigenvalue weighted by atomic mass is 10.2. The Morgan fingerprint density at radius 2 is 1.92 bits per heavy atom. The number of para-hydroxylation sites is 1. The van der Waals surface area contributed by atoms with Crippen molar-refractivity contribution in [2.45, 2.75) is 32.2 Å². The van der Waals surface area contributed by atoms with Crippen LogP contribution in [0.15, 0.2) is 29.3 Å². The van der Waals surface area contributed by atoms with E-state index in [1.165, 1.54) is 45.3 Å². The number of aliphatic imine (C=N–C) groups is 1. The van der Waals surface area contributed by atoms with E-state index in [1.807, 2.05) is 25.2 Å². The second-order valence-electron chi connectivity index (χ2n) is 5.92. The van der Waals surface area contributed by atoms with Crippen molar-refractivity contribution in [2.24, 2.45) is 4.99 Å². The Bertz CT molecular complexity index is 490. The first-order valence-corrected chi connectivity index (χ1v) is 8.62. The zero-order valence-electron chi connectivity index (χ0n) is 14.9. The van der Waals surface area contributed by atoms with Gasteiger partial charge in [0, 0.05) is 25.7 Å². The summed E-state index contributed by atoms with van der Waals surface area (Å²) in [6.07, 6.45) is 5.16. The third kappa shape index (κ3) is 7.25.